The molecule has 0 bridgehead atoms. The van der Waals surface area contributed by atoms with Crippen molar-refractivity contribution < 1.29 is 17.8 Å². The predicted molar refractivity (Wildman–Crippen MR) is 52.1 cm³/mol. The lowest BCUT2D eigenvalue weighted by Gasteiger charge is -2.00. The van der Waals surface area contributed by atoms with Crippen LogP contribution in [0.25, 0.3) is 0 Å². The summed E-state index contributed by atoms with van der Waals surface area (Å²) in [6.45, 7) is 0. The summed E-state index contributed by atoms with van der Waals surface area (Å²) in [6, 6.07) is 3.47. The van der Waals surface area contributed by atoms with Gasteiger partial charge in [-0.2, -0.15) is 18.6 Å². The Labute approximate surface area is 86.4 Å². The van der Waals surface area contributed by atoms with Gasteiger partial charge >= 0.3 is 0 Å². The summed E-state index contributed by atoms with van der Waals surface area (Å²) in [5, 5.41) is 7.08. The smallest absolute Gasteiger partial charge is 0.294 e. The number of carbonyl (C=O) groups excluding carboxylic acids is 1. The summed E-state index contributed by atoms with van der Waals surface area (Å²) < 4.78 is 30.2. The molecule has 15 heavy (non-hydrogen) atoms. The molecular weight excluding hydrogens is 220 g/mol. The van der Waals surface area contributed by atoms with E-state index in [1.807, 2.05) is 0 Å². The fourth-order valence-corrected chi connectivity index (χ4v) is 1.50. The first-order valence-electron chi connectivity index (χ1n) is 3.85. The van der Waals surface area contributed by atoms with Gasteiger partial charge in [0.15, 0.2) is 6.29 Å². The van der Waals surface area contributed by atoms with Gasteiger partial charge in [0.05, 0.1) is 10.6 Å². The van der Waals surface area contributed by atoms with Crippen LogP contribution in [0, 0.1) is 0 Å². The van der Waals surface area contributed by atoms with E-state index in [1.54, 1.807) is 0 Å². The Balaban J connectivity index is 3.38. The van der Waals surface area contributed by atoms with E-state index in [0.717, 1.165) is 12.1 Å². The van der Waals surface area contributed by atoms with Crippen LogP contribution < -0.4 is 0 Å². The molecule has 0 heterocycles. The molecule has 1 aromatic carbocycles. The number of carbonyl (C=O) groups is 1. The molecule has 6 nitrogen and oxygen atoms in total. The van der Waals surface area contributed by atoms with Gasteiger partial charge in [-0.3, -0.25) is 9.35 Å². The highest BCUT2D eigenvalue weighted by atomic mass is 32.2. The maximum absolute atomic E-state index is 10.8. The number of hydrogen-bond acceptors (Lipinski definition) is 5. The van der Waals surface area contributed by atoms with Gasteiger partial charge < -0.3 is 0 Å². The standard InChI is InChI=1S/C8H8N2O4S/c1-9-10-8-3-2-7(15(12,13)14)4-6(8)5-11/h2-5H,1H3,(H,12,13,14). The normalized spacial score (nSPS) is 11.9. The molecule has 0 aromatic heterocycles. The van der Waals surface area contributed by atoms with Crippen molar-refractivity contribution in [2.75, 3.05) is 7.05 Å². The van der Waals surface area contributed by atoms with E-state index in [4.69, 9.17) is 4.55 Å². The van der Waals surface area contributed by atoms with Crippen molar-refractivity contribution in [1.82, 2.24) is 0 Å². The minimum absolute atomic E-state index is 0.0516. The van der Waals surface area contributed by atoms with Crippen LogP contribution in [-0.4, -0.2) is 26.3 Å². The monoisotopic (exact) mass is 228 g/mol. The molecular formula is C8H8N2O4S. The first kappa shape index (κ1) is 11.5. The number of azo groups is 1. The van der Waals surface area contributed by atoms with Crippen LogP contribution in [0.15, 0.2) is 33.3 Å². The zero-order chi connectivity index (χ0) is 11.5. The van der Waals surface area contributed by atoms with Gasteiger partial charge in [0.1, 0.15) is 0 Å². The Morgan fingerprint density at radius 3 is 2.53 bits per heavy atom. The van der Waals surface area contributed by atoms with Crippen LogP contribution in [0.2, 0.25) is 0 Å². The van der Waals surface area contributed by atoms with Crippen LogP contribution in [0.4, 0.5) is 5.69 Å². The second kappa shape index (κ2) is 4.28. The van der Waals surface area contributed by atoms with Gasteiger partial charge in [0.25, 0.3) is 10.1 Å². The largest absolute Gasteiger partial charge is 0.298 e. The molecule has 0 radical (unpaired) electrons. The molecule has 0 saturated heterocycles. The summed E-state index contributed by atoms with van der Waals surface area (Å²) in [7, 11) is -2.88. The minimum Gasteiger partial charge on any atom is -0.298 e. The highest BCUT2D eigenvalue weighted by molar-refractivity contribution is 7.85. The number of hydrogen-bond donors (Lipinski definition) is 1. The SMILES string of the molecule is CN=Nc1ccc(S(=O)(=O)O)cc1C=O. The zero-order valence-electron chi connectivity index (χ0n) is 7.78. The summed E-state index contributed by atoms with van der Waals surface area (Å²) in [5.41, 5.74) is 0.302. The van der Waals surface area contributed by atoms with Gasteiger partial charge in [-0.25, -0.2) is 0 Å². The lowest BCUT2D eigenvalue weighted by molar-refractivity contribution is 0.112. The highest BCUT2D eigenvalue weighted by Gasteiger charge is 2.12. The zero-order valence-corrected chi connectivity index (χ0v) is 8.60. The van der Waals surface area contributed by atoms with Crippen LogP contribution in [0.1, 0.15) is 10.4 Å². The number of aldehydes is 1. The van der Waals surface area contributed by atoms with Crippen molar-refractivity contribution in [2.24, 2.45) is 10.2 Å². The van der Waals surface area contributed by atoms with Crippen molar-refractivity contribution in [2.45, 2.75) is 4.90 Å². The van der Waals surface area contributed by atoms with Crippen molar-refractivity contribution in [1.29, 1.82) is 0 Å². The van der Waals surface area contributed by atoms with E-state index in [9.17, 15) is 13.2 Å². The fourth-order valence-electron chi connectivity index (χ4n) is 0.986. The number of rotatable bonds is 3. The molecule has 80 valence electrons. The summed E-state index contributed by atoms with van der Waals surface area (Å²) in [5.74, 6) is 0. The topological polar surface area (TPSA) is 96.2 Å². The molecule has 0 aliphatic rings. The Kier molecular flexibility index (Phi) is 3.28. The van der Waals surface area contributed by atoms with E-state index < -0.39 is 10.1 Å². The molecule has 1 N–H and O–H groups in total. The number of nitrogens with zero attached hydrogens (tertiary/aromatic N) is 2. The molecule has 7 heteroatoms. The van der Waals surface area contributed by atoms with E-state index in [2.05, 4.69) is 10.2 Å². The average Bonchev–Trinajstić information content (AvgIpc) is 2.17. The third kappa shape index (κ3) is 2.67. The van der Waals surface area contributed by atoms with Gasteiger partial charge in [-0.05, 0) is 18.2 Å². The highest BCUT2D eigenvalue weighted by Crippen LogP contribution is 2.21. The Bertz CT molecular complexity index is 507. The molecule has 0 aliphatic heterocycles. The quantitative estimate of drug-likeness (QED) is 0.481. The second-order valence-corrected chi connectivity index (χ2v) is 4.04. The summed E-state index contributed by atoms with van der Waals surface area (Å²) in [4.78, 5) is 10.3. The Morgan fingerprint density at radius 1 is 1.40 bits per heavy atom. The van der Waals surface area contributed by atoms with E-state index in [1.165, 1.54) is 13.1 Å². The van der Waals surface area contributed by atoms with Gasteiger partial charge in [0, 0.05) is 12.6 Å². The molecule has 0 spiro atoms. The lowest BCUT2D eigenvalue weighted by atomic mass is 10.2. The maximum Gasteiger partial charge on any atom is 0.294 e. The molecule has 0 aliphatic carbocycles. The van der Waals surface area contributed by atoms with Crippen molar-refractivity contribution >= 4 is 22.1 Å². The Hall–Kier alpha value is -1.60. The molecule has 0 saturated carbocycles. The lowest BCUT2D eigenvalue weighted by Crippen LogP contribution is -1.98. The summed E-state index contributed by atoms with van der Waals surface area (Å²) in [6.07, 6.45) is 0.443. The van der Waals surface area contributed by atoms with Gasteiger partial charge in [0.2, 0.25) is 0 Å². The first-order valence-corrected chi connectivity index (χ1v) is 5.29. The van der Waals surface area contributed by atoms with E-state index >= 15 is 0 Å². The fraction of sp³-hybridized carbons (Fsp3) is 0.125. The van der Waals surface area contributed by atoms with Crippen LogP contribution in [-0.2, 0) is 10.1 Å². The van der Waals surface area contributed by atoms with Crippen molar-refractivity contribution in [3.8, 4) is 0 Å². The second-order valence-electron chi connectivity index (χ2n) is 2.61. The number of benzene rings is 1. The van der Waals surface area contributed by atoms with Crippen molar-refractivity contribution in [3.05, 3.63) is 23.8 Å². The Morgan fingerprint density at radius 2 is 2.07 bits per heavy atom. The molecule has 0 amide bonds. The third-order valence-electron chi connectivity index (χ3n) is 1.63. The van der Waals surface area contributed by atoms with E-state index in [0.29, 0.717) is 6.29 Å². The molecule has 1 aromatic rings. The molecule has 0 fully saturated rings. The van der Waals surface area contributed by atoms with Crippen LogP contribution in [0.3, 0.4) is 0 Å². The van der Waals surface area contributed by atoms with Crippen molar-refractivity contribution in [3.63, 3.8) is 0 Å². The van der Waals surface area contributed by atoms with Crippen LogP contribution >= 0.6 is 0 Å². The van der Waals surface area contributed by atoms with Gasteiger partial charge in [-0.15, -0.1) is 0 Å². The summed E-state index contributed by atoms with van der Waals surface area (Å²) >= 11 is 0. The van der Waals surface area contributed by atoms with Crippen LogP contribution in [0.5, 0.6) is 0 Å². The molecule has 1 rings (SSSR count). The first-order chi connectivity index (χ1) is 6.99. The third-order valence-corrected chi connectivity index (χ3v) is 2.48. The average molecular weight is 228 g/mol. The predicted octanol–water partition coefficient (Wildman–Crippen LogP) is 1.46. The van der Waals surface area contributed by atoms with Gasteiger partial charge in [-0.1, -0.05) is 0 Å². The molecule has 0 unspecified atom stereocenters. The minimum atomic E-state index is -4.30. The molecule has 0 atom stereocenters. The maximum atomic E-state index is 10.8. The van der Waals surface area contributed by atoms with E-state index in [-0.39, 0.29) is 16.1 Å².